The predicted molar refractivity (Wildman–Crippen MR) is 112 cm³/mol. The number of phenols is 1. The van der Waals surface area contributed by atoms with E-state index in [-0.39, 0.29) is 12.3 Å². The van der Waals surface area contributed by atoms with Crippen molar-refractivity contribution in [3.8, 4) is 5.75 Å². The van der Waals surface area contributed by atoms with Crippen LogP contribution in [-0.2, 0) is 20.9 Å². The van der Waals surface area contributed by atoms with Crippen molar-refractivity contribution < 1.29 is 24.6 Å². The summed E-state index contributed by atoms with van der Waals surface area (Å²) in [6, 6.07) is 13.2. The van der Waals surface area contributed by atoms with Crippen LogP contribution in [0.15, 0.2) is 48.5 Å². The van der Waals surface area contributed by atoms with Crippen molar-refractivity contribution in [3.05, 3.63) is 63.2 Å². The van der Waals surface area contributed by atoms with Gasteiger partial charge in [0.2, 0.25) is 11.8 Å². The third kappa shape index (κ3) is 3.10. The zero-order chi connectivity index (χ0) is 20.9. The molecule has 0 saturated carbocycles. The minimum absolute atomic E-state index is 0.0435. The molecule has 0 spiro atoms. The van der Waals surface area contributed by atoms with Crippen LogP contribution >= 0.6 is 22.6 Å². The fourth-order valence-corrected chi connectivity index (χ4v) is 4.87. The van der Waals surface area contributed by atoms with Gasteiger partial charge in [0.25, 0.3) is 0 Å². The maximum absolute atomic E-state index is 13.3. The molecule has 4 atom stereocenters. The molecule has 3 N–H and O–H groups in total. The molecule has 0 aliphatic carbocycles. The van der Waals surface area contributed by atoms with E-state index in [1.165, 1.54) is 13.0 Å². The number of carbonyl (C=O) groups excluding carboxylic acids is 2. The number of aliphatic carboxylic acids is 1. The molecule has 7 nitrogen and oxygen atoms in total. The van der Waals surface area contributed by atoms with Crippen LogP contribution in [0.25, 0.3) is 0 Å². The number of fused-ring (bicyclic) bond motifs is 1. The second kappa shape index (κ2) is 7.10. The fraction of sp³-hybridized carbons (Fsp3) is 0.286. The number of rotatable bonds is 4. The first-order chi connectivity index (χ1) is 13.7. The topological polar surface area (TPSA) is 107 Å². The Labute approximate surface area is 180 Å². The molecule has 0 bridgehead atoms. The van der Waals surface area contributed by atoms with E-state index in [1.807, 2.05) is 30.3 Å². The maximum atomic E-state index is 13.3. The van der Waals surface area contributed by atoms with Crippen molar-refractivity contribution in [1.29, 1.82) is 0 Å². The molecular formula is C21H19IN2O5. The van der Waals surface area contributed by atoms with Gasteiger partial charge in [0.05, 0.1) is 18.4 Å². The number of benzene rings is 2. The zero-order valence-electron chi connectivity index (χ0n) is 15.5. The average molecular weight is 506 g/mol. The highest BCUT2D eigenvalue weighted by Gasteiger charge is 2.66. The molecule has 0 unspecified atom stereocenters. The van der Waals surface area contributed by atoms with Gasteiger partial charge in [0.1, 0.15) is 11.3 Å². The average Bonchev–Trinajstić information content (AvgIpc) is 3.14. The Morgan fingerprint density at radius 2 is 1.86 bits per heavy atom. The highest BCUT2D eigenvalue weighted by Crippen LogP contribution is 2.50. The Morgan fingerprint density at radius 3 is 2.52 bits per heavy atom. The molecule has 0 radical (unpaired) electrons. The molecular weight excluding hydrogens is 487 g/mol. The molecule has 0 aromatic heterocycles. The van der Waals surface area contributed by atoms with E-state index in [4.69, 9.17) is 0 Å². The third-order valence-electron chi connectivity index (χ3n) is 5.83. The van der Waals surface area contributed by atoms with Crippen LogP contribution in [-0.4, -0.2) is 38.4 Å². The third-order valence-corrected chi connectivity index (χ3v) is 6.50. The van der Waals surface area contributed by atoms with Gasteiger partial charge >= 0.3 is 5.97 Å². The molecule has 4 rings (SSSR count). The van der Waals surface area contributed by atoms with Gasteiger partial charge < -0.3 is 10.2 Å². The standard InChI is InChI=1S/C21H19IN2O5/c1-21(20(28)29)16-15(17(23-21)13-9-12(22)7-8-14(13)25)18(26)24(19(16)27)10-11-5-3-2-4-6-11/h2-9,15-17,23,25H,10H2,1H3,(H,28,29)/t15-,16+,17-,21+/m1/s1. The second-order valence-electron chi connectivity index (χ2n) is 7.58. The van der Waals surface area contributed by atoms with Crippen LogP contribution in [0, 0.1) is 15.4 Å². The largest absolute Gasteiger partial charge is 0.508 e. The number of hydrogen-bond acceptors (Lipinski definition) is 5. The van der Waals surface area contributed by atoms with Crippen molar-refractivity contribution in [3.63, 3.8) is 0 Å². The summed E-state index contributed by atoms with van der Waals surface area (Å²) in [7, 11) is 0. The lowest BCUT2D eigenvalue weighted by Gasteiger charge is -2.27. The molecule has 150 valence electrons. The normalized spacial score (nSPS) is 28.6. The van der Waals surface area contributed by atoms with E-state index in [9.17, 15) is 24.6 Å². The first-order valence-corrected chi connectivity index (χ1v) is 10.2. The number of hydrogen-bond donors (Lipinski definition) is 3. The van der Waals surface area contributed by atoms with E-state index in [0.29, 0.717) is 5.56 Å². The molecule has 2 aromatic rings. The van der Waals surface area contributed by atoms with Crippen LogP contribution in [0.1, 0.15) is 24.1 Å². The Bertz CT molecular complexity index is 1010. The number of carboxylic acids is 1. The Balaban J connectivity index is 1.78. The first kappa shape index (κ1) is 19.8. The molecule has 2 fully saturated rings. The van der Waals surface area contributed by atoms with E-state index in [1.54, 1.807) is 12.1 Å². The molecule has 2 heterocycles. The smallest absolute Gasteiger partial charge is 0.324 e. The lowest BCUT2D eigenvalue weighted by atomic mass is 9.80. The summed E-state index contributed by atoms with van der Waals surface area (Å²) in [6.45, 7) is 1.52. The summed E-state index contributed by atoms with van der Waals surface area (Å²) in [5.74, 6) is -4.14. The number of amides is 2. The summed E-state index contributed by atoms with van der Waals surface area (Å²) < 4.78 is 0.829. The van der Waals surface area contributed by atoms with Gasteiger partial charge in [-0.2, -0.15) is 0 Å². The van der Waals surface area contributed by atoms with Gasteiger partial charge in [-0.05, 0) is 53.3 Å². The van der Waals surface area contributed by atoms with Crippen molar-refractivity contribution in [2.45, 2.75) is 25.0 Å². The molecule has 2 saturated heterocycles. The van der Waals surface area contributed by atoms with Crippen LogP contribution in [0.5, 0.6) is 5.75 Å². The van der Waals surface area contributed by atoms with Gasteiger partial charge in [-0.3, -0.25) is 24.6 Å². The van der Waals surface area contributed by atoms with Crippen LogP contribution in [0.2, 0.25) is 0 Å². The van der Waals surface area contributed by atoms with E-state index < -0.39 is 41.2 Å². The quantitative estimate of drug-likeness (QED) is 0.434. The highest BCUT2D eigenvalue weighted by atomic mass is 127. The van der Waals surface area contributed by atoms with E-state index in [0.717, 1.165) is 14.0 Å². The van der Waals surface area contributed by atoms with Gasteiger partial charge in [0, 0.05) is 15.2 Å². The summed E-state index contributed by atoms with van der Waals surface area (Å²) >= 11 is 2.08. The van der Waals surface area contributed by atoms with E-state index in [2.05, 4.69) is 27.9 Å². The summed E-state index contributed by atoms with van der Waals surface area (Å²) in [4.78, 5) is 39.7. The molecule has 2 aromatic carbocycles. The van der Waals surface area contributed by atoms with E-state index >= 15 is 0 Å². The lowest BCUT2D eigenvalue weighted by Crippen LogP contribution is -2.53. The fourth-order valence-electron chi connectivity index (χ4n) is 4.36. The number of imide groups is 1. The van der Waals surface area contributed by atoms with Gasteiger partial charge in [-0.15, -0.1) is 0 Å². The zero-order valence-corrected chi connectivity index (χ0v) is 17.7. The molecule has 2 amide bonds. The number of phenolic OH excluding ortho intramolecular Hbond substituents is 1. The first-order valence-electron chi connectivity index (χ1n) is 9.12. The van der Waals surface area contributed by atoms with Crippen molar-refractivity contribution in [1.82, 2.24) is 10.2 Å². The Kier molecular flexibility index (Phi) is 4.86. The molecule has 2 aliphatic heterocycles. The number of aromatic hydroxyl groups is 1. The minimum Gasteiger partial charge on any atom is -0.508 e. The van der Waals surface area contributed by atoms with Gasteiger partial charge in [-0.25, -0.2) is 0 Å². The summed E-state index contributed by atoms with van der Waals surface area (Å²) in [6.07, 6.45) is 0. The Hall–Kier alpha value is -2.46. The van der Waals surface area contributed by atoms with Gasteiger partial charge in [-0.1, -0.05) is 30.3 Å². The number of carbonyl (C=O) groups is 3. The van der Waals surface area contributed by atoms with Crippen LogP contribution in [0.3, 0.4) is 0 Å². The van der Waals surface area contributed by atoms with Crippen molar-refractivity contribution in [2.75, 3.05) is 0 Å². The van der Waals surface area contributed by atoms with Crippen LogP contribution in [0.4, 0.5) is 0 Å². The monoisotopic (exact) mass is 506 g/mol. The van der Waals surface area contributed by atoms with Gasteiger partial charge in [0.15, 0.2) is 0 Å². The SMILES string of the molecule is C[C@]1(C(=O)O)N[C@H](c2cc(I)ccc2O)[C@@H]2C(=O)N(Cc3ccccc3)C(=O)[C@H]21. The second-order valence-corrected chi connectivity index (χ2v) is 8.83. The maximum Gasteiger partial charge on any atom is 0.324 e. The molecule has 8 heteroatoms. The highest BCUT2D eigenvalue weighted by molar-refractivity contribution is 14.1. The number of nitrogens with zero attached hydrogens (tertiary/aromatic N) is 1. The number of likely N-dealkylation sites (tertiary alicyclic amines) is 1. The Morgan fingerprint density at radius 1 is 1.17 bits per heavy atom. The summed E-state index contributed by atoms with van der Waals surface area (Å²) in [5, 5.41) is 23.2. The van der Waals surface area contributed by atoms with Crippen molar-refractivity contribution in [2.24, 2.45) is 11.8 Å². The number of halogens is 1. The number of nitrogens with one attached hydrogen (secondary N) is 1. The molecule has 2 aliphatic rings. The van der Waals surface area contributed by atoms with Crippen molar-refractivity contribution >= 4 is 40.4 Å². The lowest BCUT2D eigenvalue weighted by molar-refractivity contribution is -0.150. The molecule has 29 heavy (non-hydrogen) atoms. The summed E-state index contributed by atoms with van der Waals surface area (Å²) in [5.41, 5.74) is -0.422. The predicted octanol–water partition coefficient (Wildman–Crippen LogP) is 2.29. The van der Waals surface area contributed by atoms with Crippen LogP contribution < -0.4 is 5.32 Å². The minimum atomic E-state index is -1.62. The number of carboxylic acid groups (broad SMARTS) is 1.